The first kappa shape index (κ1) is 35.2. The Morgan fingerprint density at radius 2 is 0.722 bits per heavy atom. The molecule has 0 saturated heterocycles. The van der Waals surface area contributed by atoms with Gasteiger partial charge in [-0.15, -0.1) is 0 Å². The van der Waals surface area contributed by atoms with Gasteiger partial charge in [0.1, 0.15) is 0 Å². The van der Waals surface area contributed by atoms with Crippen LogP contribution in [0.5, 0.6) is 0 Å². The van der Waals surface area contributed by atoms with Crippen molar-refractivity contribution in [3.63, 3.8) is 0 Å². The molecule has 0 bridgehead atoms. The first-order valence-corrected chi connectivity index (χ1v) is 16.4. The van der Waals surface area contributed by atoms with Crippen LogP contribution >= 0.6 is 0 Å². The summed E-state index contributed by atoms with van der Waals surface area (Å²) >= 11 is 0. The second-order valence-electron chi connectivity index (χ2n) is 11.9. The van der Waals surface area contributed by atoms with Crippen molar-refractivity contribution in [3.05, 3.63) is 0 Å². The van der Waals surface area contributed by atoms with Crippen molar-refractivity contribution in [1.82, 2.24) is 0 Å². The minimum absolute atomic E-state index is 0.234. The molecular formula is C32H69N4+. The van der Waals surface area contributed by atoms with Gasteiger partial charge in [0, 0.05) is 0 Å². The Hall–Kier alpha value is -0.770. The maximum atomic E-state index is 5.58. The van der Waals surface area contributed by atoms with E-state index in [1.807, 2.05) is 0 Å². The highest BCUT2D eigenvalue weighted by molar-refractivity contribution is 5.75. The van der Waals surface area contributed by atoms with E-state index in [0.717, 1.165) is 17.6 Å². The second kappa shape index (κ2) is 27.3. The summed E-state index contributed by atoms with van der Waals surface area (Å²) in [6.45, 7) is 8.96. The molecule has 0 aliphatic rings. The third-order valence-electron chi connectivity index (χ3n) is 8.04. The fourth-order valence-electron chi connectivity index (χ4n) is 5.42. The highest BCUT2D eigenvalue weighted by Crippen LogP contribution is 2.16. The maximum Gasteiger partial charge on any atom is 0.186 e. The van der Waals surface area contributed by atoms with E-state index in [1.54, 1.807) is 0 Å². The van der Waals surface area contributed by atoms with Crippen LogP contribution in [0.3, 0.4) is 0 Å². The highest BCUT2D eigenvalue weighted by atomic mass is 15.3. The zero-order valence-corrected chi connectivity index (χ0v) is 25.3. The molecule has 0 radical (unpaired) electrons. The second-order valence-corrected chi connectivity index (χ2v) is 11.9. The largest absolute Gasteiger partial charge is 0.370 e. The number of nitrogens with zero attached hydrogens (tertiary/aromatic N) is 2. The number of hydrogen-bond acceptors (Lipinski definition) is 1. The van der Waals surface area contributed by atoms with Crippen molar-refractivity contribution in [2.24, 2.45) is 16.5 Å². The van der Waals surface area contributed by atoms with E-state index < -0.39 is 0 Å². The monoisotopic (exact) mass is 510 g/mol. The van der Waals surface area contributed by atoms with Crippen molar-refractivity contribution in [1.29, 1.82) is 0 Å². The third-order valence-corrected chi connectivity index (χ3v) is 8.04. The molecule has 0 aromatic heterocycles. The standard InChI is InChI=1S/C32H69N4/c1-4-6-8-10-12-14-16-18-20-22-24-26-29-36(3,31-28-35-32(33)34)30-27-25-23-21-19-17-15-13-11-9-7-5-2/h4-31H2,1-3H3,(H4,33,34,35)/q+1. The molecule has 4 heteroatoms. The zero-order valence-electron chi connectivity index (χ0n) is 25.3. The van der Waals surface area contributed by atoms with Gasteiger partial charge in [-0.25, -0.2) is 4.99 Å². The van der Waals surface area contributed by atoms with Gasteiger partial charge in [-0.2, -0.15) is 0 Å². The van der Waals surface area contributed by atoms with Gasteiger partial charge in [-0.05, 0) is 25.7 Å². The molecule has 216 valence electrons. The average molecular weight is 510 g/mol. The Morgan fingerprint density at radius 3 is 1.00 bits per heavy atom. The van der Waals surface area contributed by atoms with Crippen LogP contribution in [0.15, 0.2) is 4.99 Å². The molecule has 36 heavy (non-hydrogen) atoms. The van der Waals surface area contributed by atoms with Crippen molar-refractivity contribution < 1.29 is 4.48 Å². The summed E-state index contributed by atoms with van der Waals surface area (Å²) in [7, 11) is 2.43. The number of quaternary nitrogens is 1. The summed E-state index contributed by atoms with van der Waals surface area (Å²) in [5.41, 5.74) is 11.2. The van der Waals surface area contributed by atoms with Gasteiger partial charge >= 0.3 is 0 Å². The fourth-order valence-corrected chi connectivity index (χ4v) is 5.42. The van der Waals surface area contributed by atoms with E-state index in [0.29, 0.717) is 0 Å². The van der Waals surface area contributed by atoms with Gasteiger partial charge in [0.2, 0.25) is 0 Å². The number of nitrogens with two attached hydrogens (primary N) is 2. The summed E-state index contributed by atoms with van der Waals surface area (Å²) in [4.78, 5) is 4.29. The van der Waals surface area contributed by atoms with Gasteiger partial charge in [-0.3, -0.25) is 0 Å². The van der Waals surface area contributed by atoms with E-state index >= 15 is 0 Å². The molecule has 0 rings (SSSR count). The number of unbranched alkanes of at least 4 members (excludes halogenated alkanes) is 22. The van der Waals surface area contributed by atoms with Crippen LogP contribution in [0.2, 0.25) is 0 Å². The molecule has 0 spiro atoms. The van der Waals surface area contributed by atoms with Crippen LogP contribution < -0.4 is 11.5 Å². The lowest BCUT2D eigenvalue weighted by molar-refractivity contribution is -0.908. The predicted molar refractivity (Wildman–Crippen MR) is 164 cm³/mol. The normalized spacial score (nSPS) is 11.8. The lowest BCUT2D eigenvalue weighted by Crippen LogP contribution is -2.47. The molecule has 0 aromatic carbocycles. The van der Waals surface area contributed by atoms with Crippen LogP contribution in [0.25, 0.3) is 0 Å². The molecule has 0 aliphatic heterocycles. The van der Waals surface area contributed by atoms with Gasteiger partial charge in [-0.1, -0.05) is 142 Å². The minimum Gasteiger partial charge on any atom is -0.370 e. The van der Waals surface area contributed by atoms with Crippen molar-refractivity contribution in [2.75, 3.05) is 33.2 Å². The van der Waals surface area contributed by atoms with E-state index in [2.05, 4.69) is 25.9 Å². The molecule has 0 aromatic rings. The molecule has 0 heterocycles. The number of likely N-dealkylation sites (N-methyl/N-ethyl adjacent to an activating group) is 1. The van der Waals surface area contributed by atoms with Crippen LogP contribution in [0, 0.1) is 0 Å². The summed E-state index contributed by atoms with van der Waals surface area (Å²) in [6, 6.07) is 0. The highest BCUT2D eigenvalue weighted by Gasteiger charge is 2.20. The van der Waals surface area contributed by atoms with E-state index in [9.17, 15) is 0 Å². The van der Waals surface area contributed by atoms with Crippen LogP contribution in [0.4, 0.5) is 0 Å². The quantitative estimate of drug-likeness (QED) is 0.0457. The van der Waals surface area contributed by atoms with E-state index in [1.165, 1.54) is 167 Å². The molecule has 0 aliphatic carbocycles. The van der Waals surface area contributed by atoms with Crippen LogP contribution in [0.1, 0.15) is 168 Å². The molecule has 0 atom stereocenters. The molecular weight excluding hydrogens is 440 g/mol. The van der Waals surface area contributed by atoms with Crippen molar-refractivity contribution in [2.45, 2.75) is 168 Å². The Balaban J connectivity index is 3.88. The summed E-state index contributed by atoms with van der Waals surface area (Å²) < 4.78 is 1.13. The summed E-state index contributed by atoms with van der Waals surface area (Å²) in [6.07, 6.45) is 34.0. The maximum absolute atomic E-state index is 5.58. The smallest absolute Gasteiger partial charge is 0.186 e. The lowest BCUT2D eigenvalue weighted by Gasteiger charge is -2.34. The van der Waals surface area contributed by atoms with Gasteiger partial charge < -0.3 is 16.0 Å². The topological polar surface area (TPSA) is 64.4 Å². The molecule has 0 unspecified atom stereocenters. The van der Waals surface area contributed by atoms with Crippen LogP contribution in [-0.4, -0.2) is 43.7 Å². The summed E-state index contributed by atoms with van der Waals surface area (Å²) in [5.74, 6) is 0.234. The fraction of sp³-hybridized carbons (Fsp3) is 0.969. The molecule has 0 saturated carbocycles. The minimum atomic E-state index is 0.234. The number of hydrogen-bond donors (Lipinski definition) is 2. The number of rotatable bonds is 29. The molecule has 0 amide bonds. The van der Waals surface area contributed by atoms with Crippen molar-refractivity contribution in [3.8, 4) is 0 Å². The van der Waals surface area contributed by atoms with Gasteiger partial charge in [0.15, 0.2) is 5.96 Å². The number of guanidine groups is 1. The Bertz CT molecular complexity index is 431. The van der Waals surface area contributed by atoms with Crippen molar-refractivity contribution >= 4 is 5.96 Å². The first-order chi connectivity index (χ1) is 17.5. The molecule has 4 N–H and O–H groups in total. The predicted octanol–water partition coefficient (Wildman–Crippen LogP) is 9.11. The molecule has 4 nitrogen and oxygen atoms in total. The van der Waals surface area contributed by atoms with Crippen LogP contribution in [-0.2, 0) is 0 Å². The third kappa shape index (κ3) is 26.3. The van der Waals surface area contributed by atoms with Gasteiger partial charge in [0.05, 0.1) is 33.2 Å². The first-order valence-electron chi connectivity index (χ1n) is 16.4. The SMILES string of the molecule is CCCCCCCCCCCCCC[N+](C)(CCCCCCCCCCCCCC)CCN=C(N)N. The molecule has 0 fully saturated rings. The summed E-state index contributed by atoms with van der Waals surface area (Å²) in [5, 5.41) is 0. The Morgan fingerprint density at radius 1 is 0.444 bits per heavy atom. The van der Waals surface area contributed by atoms with E-state index in [-0.39, 0.29) is 5.96 Å². The average Bonchev–Trinajstić information content (AvgIpc) is 2.85. The Labute approximate surface area is 228 Å². The zero-order chi connectivity index (χ0) is 26.6. The lowest BCUT2D eigenvalue weighted by atomic mass is 10.0. The van der Waals surface area contributed by atoms with Gasteiger partial charge in [0.25, 0.3) is 0 Å². The Kier molecular flexibility index (Phi) is 26.7. The van der Waals surface area contributed by atoms with E-state index in [4.69, 9.17) is 11.5 Å². The number of aliphatic imine (C=N–C) groups is 1.